The van der Waals surface area contributed by atoms with Crippen molar-refractivity contribution < 1.29 is 18.0 Å². The number of hydrogen-bond acceptors (Lipinski definition) is 4. The van der Waals surface area contributed by atoms with E-state index >= 15 is 0 Å². The Bertz CT molecular complexity index is 730. The van der Waals surface area contributed by atoms with Crippen LogP contribution in [0.4, 0.5) is 0 Å². The summed E-state index contributed by atoms with van der Waals surface area (Å²) in [5, 5.41) is 0.0506. The third kappa shape index (κ3) is 4.34. The Morgan fingerprint density at radius 1 is 1.20 bits per heavy atom. The van der Waals surface area contributed by atoms with E-state index in [9.17, 15) is 13.2 Å². The van der Waals surface area contributed by atoms with E-state index in [1.165, 1.54) is 26.3 Å². The minimum atomic E-state index is -3.93. The maximum absolute atomic E-state index is 12.8. The molecule has 0 saturated heterocycles. The maximum Gasteiger partial charge on any atom is 0.266 e. The van der Waals surface area contributed by atoms with Crippen molar-refractivity contribution in [3.63, 3.8) is 0 Å². The SMILES string of the molecule is CON(C)S(=O)(=O)c1cc(C(=O)N(C)C2CCC(C)CC2)ccc1Cl. The number of amides is 1. The molecule has 1 fully saturated rings. The predicted octanol–water partition coefficient (Wildman–Crippen LogP) is 3.17. The predicted molar refractivity (Wildman–Crippen MR) is 96.9 cm³/mol. The van der Waals surface area contributed by atoms with Crippen LogP contribution in [0.2, 0.25) is 5.02 Å². The van der Waals surface area contributed by atoms with Gasteiger partial charge in [0.1, 0.15) is 4.90 Å². The van der Waals surface area contributed by atoms with Crippen LogP contribution in [0.1, 0.15) is 43.0 Å². The average molecular weight is 389 g/mol. The summed E-state index contributed by atoms with van der Waals surface area (Å²) in [4.78, 5) is 19.1. The highest BCUT2D eigenvalue weighted by atomic mass is 35.5. The van der Waals surface area contributed by atoms with Gasteiger partial charge in [-0.25, -0.2) is 8.42 Å². The summed E-state index contributed by atoms with van der Waals surface area (Å²) in [5.41, 5.74) is 0.300. The Hall–Kier alpha value is -1.15. The molecule has 0 heterocycles. The van der Waals surface area contributed by atoms with Crippen molar-refractivity contribution in [2.75, 3.05) is 21.2 Å². The molecule has 0 unspecified atom stereocenters. The zero-order valence-electron chi connectivity index (χ0n) is 15.0. The molecule has 1 aromatic rings. The van der Waals surface area contributed by atoms with Crippen LogP contribution in [0.3, 0.4) is 0 Å². The van der Waals surface area contributed by atoms with Crippen molar-refractivity contribution in [1.29, 1.82) is 0 Å². The third-order valence-corrected chi connectivity index (χ3v) is 7.07. The number of hydroxylamine groups is 1. The highest BCUT2D eigenvalue weighted by Gasteiger charge is 2.28. The Morgan fingerprint density at radius 3 is 2.36 bits per heavy atom. The van der Waals surface area contributed by atoms with Gasteiger partial charge in [-0.05, 0) is 49.8 Å². The number of carbonyl (C=O) groups excluding carboxylic acids is 1. The smallest absolute Gasteiger partial charge is 0.266 e. The van der Waals surface area contributed by atoms with Crippen LogP contribution in [0.5, 0.6) is 0 Å². The van der Waals surface area contributed by atoms with Gasteiger partial charge in [0.25, 0.3) is 15.9 Å². The molecule has 0 radical (unpaired) electrons. The van der Waals surface area contributed by atoms with E-state index in [0.717, 1.165) is 25.7 Å². The molecular formula is C17H25ClN2O4S. The monoisotopic (exact) mass is 388 g/mol. The van der Waals surface area contributed by atoms with E-state index in [1.807, 2.05) is 0 Å². The summed E-state index contributed by atoms with van der Waals surface area (Å²) in [6.07, 6.45) is 4.13. The van der Waals surface area contributed by atoms with Crippen LogP contribution in [0.15, 0.2) is 23.1 Å². The van der Waals surface area contributed by atoms with E-state index in [4.69, 9.17) is 16.4 Å². The third-order valence-electron chi connectivity index (χ3n) is 4.91. The van der Waals surface area contributed by atoms with E-state index in [2.05, 4.69) is 6.92 Å². The highest BCUT2D eigenvalue weighted by Crippen LogP contribution is 2.29. The molecule has 140 valence electrons. The number of sulfonamides is 1. The maximum atomic E-state index is 12.8. The molecule has 1 amide bonds. The quantitative estimate of drug-likeness (QED) is 0.726. The zero-order chi connectivity index (χ0) is 18.8. The van der Waals surface area contributed by atoms with Gasteiger partial charge in [0, 0.05) is 25.7 Å². The van der Waals surface area contributed by atoms with Gasteiger partial charge in [-0.15, -0.1) is 0 Å². The van der Waals surface area contributed by atoms with Crippen molar-refractivity contribution >= 4 is 27.5 Å². The first-order valence-corrected chi connectivity index (χ1v) is 10.1. The second kappa shape index (κ2) is 8.03. The number of benzene rings is 1. The van der Waals surface area contributed by atoms with E-state index in [1.54, 1.807) is 18.0 Å². The van der Waals surface area contributed by atoms with Crippen molar-refractivity contribution in [2.45, 2.75) is 43.5 Å². The second-order valence-electron chi connectivity index (χ2n) is 6.57. The fourth-order valence-electron chi connectivity index (χ4n) is 3.07. The van der Waals surface area contributed by atoms with Crippen LogP contribution in [0, 0.1) is 5.92 Å². The van der Waals surface area contributed by atoms with Gasteiger partial charge in [0.2, 0.25) is 0 Å². The van der Waals surface area contributed by atoms with Gasteiger partial charge >= 0.3 is 0 Å². The fraction of sp³-hybridized carbons (Fsp3) is 0.588. The molecule has 6 nitrogen and oxygen atoms in total. The molecule has 8 heteroatoms. The number of rotatable bonds is 5. The summed E-state index contributed by atoms with van der Waals surface area (Å²) in [5.74, 6) is 0.490. The summed E-state index contributed by atoms with van der Waals surface area (Å²) in [7, 11) is 0.367. The standard InChI is InChI=1S/C17H25ClN2O4S/c1-12-5-8-14(9-6-12)19(2)17(21)13-7-10-15(18)16(11-13)25(22,23)20(3)24-4/h7,10-12,14H,5-6,8-9H2,1-4H3. The van der Waals surface area contributed by atoms with E-state index in [0.29, 0.717) is 15.9 Å². The van der Waals surface area contributed by atoms with Crippen LogP contribution < -0.4 is 0 Å². The average Bonchev–Trinajstić information content (AvgIpc) is 2.60. The lowest BCUT2D eigenvalue weighted by Crippen LogP contribution is -2.39. The minimum absolute atomic E-state index is 0.0506. The second-order valence-corrected chi connectivity index (χ2v) is 8.88. The topological polar surface area (TPSA) is 66.9 Å². The largest absolute Gasteiger partial charge is 0.339 e. The lowest BCUT2D eigenvalue weighted by Gasteiger charge is -2.33. The molecule has 0 aromatic heterocycles. The molecule has 1 aliphatic rings. The highest BCUT2D eigenvalue weighted by molar-refractivity contribution is 7.89. The first-order valence-electron chi connectivity index (χ1n) is 8.28. The van der Waals surface area contributed by atoms with Gasteiger partial charge in [0.15, 0.2) is 0 Å². The van der Waals surface area contributed by atoms with Crippen LogP contribution in [0.25, 0.3) is 0 Å². The molecule has 0 aliphatic heterocycles. The number of nitrogens with zero attached hydrogens (tertiary/aromatic N) is 2. The lowest BCUT2D eigenvalue weighted by molar-refractivity contribution is -0.0258. The molecule has 0 bridgehead atoms. The fourth-order valence-corrected chi connectivity index (χ4v) is 4.54. The Balaban J connectivity index is 2.28. The number of hydrogen-bond donors (Lipinski definition) is 0. The van der Waals surface area contributed by atoms with E-state index < -0.39 is 10.0 Å². The summed E-state index contributed by atoms with van der Waals surface area (Å²) < 4.78 is 25.6. The molecule has 1 aromatic carbocycles. The van der Waals surface area contributed by atoms with Crippen molar-refractivity contribution in [1.82, 2.24) is 9.37 Å². The molecule has 1 saturated carbocycles. The van der Waals surface area contributed by atoms with Crippen molar-refractivity contribution in [3.8, 4) is 0 Å². The van der Waals surface area contributed by atoms with Gasteiger partial charge in [-0.2, -0.15) is 0 Å². The first kappa shape index (κ1) is 20.2. The molecule has 0 atom stereocenters. The molecule has 2 rings (SSSR count). The Labute approximate surface area is 154 Å². The summed E-state index contributed by atoms with van der Waals surface area (Å²) >= 11 is 6.04. The molecular weight excluding hydrogens is 364 g/mol. The van der Waals surface area contributed by atoms with Crippen LogP contribution in [-0.4, -0.2) is 50.9 Å². The van der Waals surface area contributed by atoms with Crippen LogP contribution >= 0.6 is 11.6 Å². The van der Waals surface area contributed by atoms with Crippen molar-refractivity contribution in [2.24, 2.45) is 5.92 Å². The first-order chi connectivity index (χ1) is 11.7. The summed E-state index contributed by atoms with van der Waals surface area (Å²) in [6.45, 7) is 2.22. The molecule has 0 N–H and O–H groups in total. The lowest BCUT2D eigenvalue weighted by atomic mass is 9.86. The Morgan fingerprint density at radius 2 is 1.80 bits per heavy atom. The molecule has 1 aliphatic carbocycles. The van der Waals surface area contributed by atoms with Crippen LogP contribution in [-0.2, 0) is 14.9 Å². The number of halogens is 1. The van der Waals surface area contributed by atoms with E-state index in [-0.39, 0.29) is 21.9 Å². The van der Waals surface area contributed by atoms with Gasteiger partial charge < -0.3 is 4.90 Å². The van der Waals surface area contributed by atoms with Gasteiger partial charge in [0.05, 0.1) is 12.1 Å². The van der Waals surface area contributed by atoms with Crippen molar-refractivity contribution in [3.05, 3.63) is 28.8 Å². The van der Waals surface area contributed by atoms with Gasteiger partial charge in [-0.1, -0.05) is 23.0 Å². The van der Waals surface area contributed by atoms with Gasteiger partial charge in [-0.3, -0.25) is 9.63 Å². The number of carbonyl (C=O) groups is 1. The zero-order valence-corrected chi connectivity index (χ0v) is 16.6. The normalized spacial score (nSPS) is 21.4. The Kier molecular flexibility index (Phi) is 6.48. The summed E-state index contributed by atoms with van der Waals surface area (Å²) in [6, 6.07) is 4.49. The molecule has 0 spiro atoms. The molecule has 25 heavy (non-hydrogen) atoms. The minimum Gasteiger partial charge on any atom is -0.339 e.